The van der Waals surface area contributed by atoms with E-state index in [1.807, 2.05) is 76.2 Å². The molecule has 2 N–H and O–H groups in total. The van der Waals surface area contributed by atoms with Crippen LogP contribution in [0.25, 0.3) is 0 Å². The lowest BCUT2D eigenvalue weighted by molar-refractivity contribution is -0.118. The number of ketones is 2. The number of aliphatic hydroxyl groups excluding tert-OH is 2. The fourth-order valence-electron chi connectivity index (χ4n) is 5.88. The highest BCUT2D eigenvalue weighted by atomic mass is 16.5. The van der Waals surface area contributed by atoms with E-state index in [0.717, 1.165) is 0 Å². The number of hydrogen-bond donors (Lipinski definition) is 2. The zero-order chi connectivity index (χ0) is 32.1. The molecule has 0 aromatic heterocycles. The van der Waals surface area contributed by atoms with Crippen LogP contribution in [0, 0.1) is 10.8 Å². The summed E-state index contributed by atoms with van der Waals surface area (Å²) in [6, 6.07) is 14.5. The number of carbonyl (C=O) groups excluding carboxylic acids is 2. The molecular formula is C36H44N2O6. The van der Waals surface area contributed by atoms with Crippen molar-refractivity contribution >= 4 is 34.4 Å². The highest BCUT2D eigenvalue weighted by Gasteiger charge is 2.37. The van der Waals surface area contributed by atoms with Crippen molar-refractivity contribution in [3.8, 4) is 11.5 Å². The van der Waals surface area contributed by atoms with E-state index in [1.54, 1.807) is 14.2 Å². The van der Waals surface area contributed by atoms with E-state index in [9.17, 15) is 19.8 Å². The summed E-state index contributed by atoms with van der Waals surface area (Å²) >= 11 is 0. The van der Waals surface area contributed by atoms with Crippen LogP contribution in [0.1, 0.15) is 79.1 Å². The molecule has 234 valence electrons. The van der Waals surface area contributed by atoms with Crippen LogP contribution >= 0.6 is 0 Å². The van der Waals surface area contributed by atoms with Crippen LogP contribution in [0.4, 0.5) is 11.4 Å². The Morgan fingerprint density at radius 1 is 0.636 bits per heavy atom. The van der Waals surface area contributed by atoms with E-state index in [1.165, 1.54) is 0 Å². The third kappa shape index (κ3) is 8.24. The van der Waals surface area contributed by atoms with Crippen molar-refractivity contribution < 1.29 is 29.3 Å². The molecule has 0 heterocycles. The van der Waals surface area contributed by atoms with Crippen molar-refractivity contribution in [3.05, 3.63) is 71.2 Å². The number of rotatable bonds is 9. The minimum atomic E-state index is -0.268. The van der Waals surface area contributed by atoms with Gasteiger partial charge in [0.1, 0.15) is 23.0 Å². The lowest BCUT2D eigenvalue weighted by atomic mass is 9.73. The SMILES string of the molecule is COc1ccc(N=C2CC(C)(C)CC(=O)/C2=C(/O)CCCC/C(O)=C2\C(=O)CC(C)(C)CC2=Nc2ccc(OC)cc2)cc1. The summed E-state index contributed by atoms with van der Waals surface area (Å²) in [6.45, 7) is 8.10. The molecule has 0 radical (unpaired) electrons. The van der Waals surface area contributed by atoms with E-state index in [0.29, 0.717) is 84.0 Å². The van der Waals surface area contributed by atoms with Gasteiger partial charge in [0, 0.05) is 25.7 Å². The van der Waals surface area contributed by atoms with Crippen molar-refractivity contribution in [3.63, 3.8) is 0 Å². The molecule has 0 bridgehead atoms. The number of aliphatic imine (C=N–C) groups is 2. The minimum Gasteiger partial charge on any atom is -0.511 e. The lowest BCUT2D eigenvalue weighted by Crippen LogP contribution is -2.32. The number of methoxy groups -OCH3 is 2. The summed E-state index contributed by atoms with van der Waals surface area (Å²) in [5.74, 6) is 1.22. The average Bonchev–Trinajstić information content (AvgIpc) is 2.94. The third-order valence-corrected chi connectivity index (χ3v) is 8.03. The van der Waals surface area contributed by atoms with Crippen LogP contribution in [-0.4, -0.2) is 47.4 Å². The first-order valence-corrected chi connectivity index (χ1v) is 15.2. The summed E-state index contributed by atoms with van der Waals surface area (Å²) in [6.07, 6.45) is 3.34. The number of ether oxygens (including phenoxy) is 2. The predicted molar refractivity (Wildman–Crippen MR) is 174 cm³/mol. The first-order valence-electron chi connectivity index (χ1n) is 15.2. The quantitative estimate of drug-likeness (QED) is 0.169. The summed E-state index contributed by atoms with van der Waals surface area (Å²) in [7, 11) is 3.20. The smallest absolute Gasteiger partial charge is 0.168 e. The number of unbranched alkanes of at least 4 members (excludes halogenated alkanes) is 1. The fourth-order valence-corrected chi connectivity index (χ4v) is 5.88. The molecule has 2 aliphatic carbocycles. The van der Waals surface area contributed by atoms with Crippen LogP contribution in [0.2, 0.25) is 0 Å². The van der Waals surface area contributed by atoms with E-state index in [4.69, 9.17) is 19.5 Å². The van der Waals surface area contributed by atoms with Crippen LogP contribution in [-0.2, 0) is 9.59 Å². The monoisotopic (exact) mass is 600 g/mol. The second-order valence-corrected chi connectivity index (χ2v) is 13.2. The lowest BCUT2D eigenvalue weighted by Gasteiger charge is -2.31. The fraction of sp³-hybridized carbons (Fsp3) is 0.444. The highest BCUT2D eigenvalue weighted by molar-refractivity contribution is 6.26. The normalized spacial score (nSPS) is 22.2. The van der Waals surface area contributed by atoms with Crippen molar-refractivity contribution in [1.29, 1.82) is 0 Å². The van der Waals surface area contributed by atoms with E-state index >= 15 is 0 Å². The van der Waals surface area contributed by atoms with Gasteiger partial charge in [0.2, 0.25) is 0 Å². The van der Waals surface area contributed by atoms with Crippen molar-refractivity contribution in [2.75, 3.05) is 14.2 Å². The van der Waals surface area contributed by atoms with Gasteiger partial charge in [-0.25, -0.2) is 0 Å². The maximum absolute atomic E-state index is 13.2. The van der Waals surface area contributed by atoms with E-state index in [-0.39, 0.29) is 46.8 Å². The zero-order valence-corrected chi connectivity index (χ0v) is 26.7. The van der Waals surface area contributed by atoms with Crippen LogP contribution in [0.3, 0.4) is 0 Å². The van der Waals surface area contributed by atoms with Gasteiger partial charge in [0.15, 0.2) is 11.6 Å². The summed E-state index contributed by atoms with van der Waals surface area (Å²) in [4.78, 5) is 35.9. The first kappa shape index (κ1) is 32.7. The molecule has 4 rings (SSSR count). The number of nitrogens with zero attached hydrogens (tertiary/aromatic N) is 2. The molecule has 2 aromatic rings. The molecule has 0 amide bonds. The van der Waals surface area contributed by atoms with Crippen molar-refractivity contribution in [1.82, 2.24) is 0 Å². The second kappa shape index (κ2) is 13.6. The van der Waals surface area contributed by atoms with Gasteiger partial charge >= 0.3 is 0 Å². The number of hydrogen-bond acceptors (Lipinski definition) is 8. The summed E-state index contributed by atoms with van der Waals surface area (Å²) in [5, 5.41) is 22.2. The highest BCUT2D eigenvalue weighted by Crippen LogP contribution is 2.39. The molecule has 0 atom stereocenters. The molecule has 2 aromatic carbocycles. The Morgan fingerprint density at radius 2 is 0.977 bits per heavy atom. The van der Waals surface area contributed by atoms with E-state index < -0.39 is 0 Å². The van der Waals surface area contributed by atoms with Gasteiger partial charge in [0.05, 0.1) is 48.2 Å². The predicted octanol–water partition coefficient (Wildman–Crippen LogP) is 8.51. The van der Waals surface area contributed by atoms with Gasteiger partial charge < -0.3 is 19.7 Å². The largest absolute Gasteiger partial charge is 0.511 e. The number of aliphatic hydroxyl groups is 2. The Balaban J connectivity index is 1.51. The molecule has 8 heteroatoms. The number of benzene rings is 2. The molecule has 2 fully saturated rings. The number of allylic oxidation sites excluding steroid dienone is 4. The second-order valence-electron chi connectivity index (χ2n) is 13.2. The average molecular weight is 601 g/mol. The molecule has 0 spiro atoms. The van der Waals surface area contributed by atoms with Crippen molar-refractivity contribution in [2.24, 2.45) is 20.8 Å². The molecule has 44 heavy (non-hydrogen) atoms. The minimum absolute atomic E-state index is 0.0159. The standard InChI is InChI=1S/C36H44N2O6/c1-35(2)19-27(37-23-11-15-25(43-5)16-12-23)33(31(41)21-35)29(39)9-7-8-10-30(40)34-28(20-36(3,4)22-32(34)42)38-24-13-17-26(44-6)18-14-24/h11-18,39-40H,7-10,19-22H2,1-6H3/b33-29+,34-30+,37-27?,38-28?. The molecular weight excluding hydrogens is 556 g/mol. The number of Topliss-reactive ketones (excluding diaryl/α,β-unsaturated/α-hetero) is 2. The first-order chi connectivity index (χ1) is 20.8. The molecule has 0 aliphatic heterocycles. The van der Waals surface area contributed by atoms with Crippen LogP contribution in [0.15, 0.2) is 81.2 Å². The molecule has 2 saturated carbocycles. The van der Waals surface area contributed by atoms with Crippen LogP contribution in [0.5, 0.6) is 11.5 Å². The van der Waals surface area contributed by atoms with Gasteiger partial charge in [-0.1, -0.05) is 27.7 Å². The number of carbonyl (C=O) groups is 2. The molecule has 8 nitrogen and oxygen atoms in total. The summed E-state index contributed by atoms with van der Waals surface area (Å²) in [5.41, 5.74) is 2.57. The Bertz CT molecular complexity index is 1390. The zero-order valence-electron chi connectivity index (χ0n) is 26.7. The van der Waals surface area contributed by atoms with Gasteiger partial charge in [-0.3, -0.25) is 19.6 Å². The van der Waals surface area contributed by atoms with Crippen LogP contribution < -0.4 is 9.47 Å². The van der Waals surface area contributed by atoms with Gasteiger partial charge in [-0.15, -0.1) is 0 Å². The molecule has 0 unspecified atom stereocenters. The van der Waals surface area contributed by atoms with Gasteiger partial charge in [0.25, 0.3) is 0 Å². The third-order valence-electron chi connectivity index (χ3n) is 8.03. The Kier molecular flexibility index (Phi) is 10.1. The van der Waals surface area contributed by atoms with Crippen molar-refractivity contribution in [2.45, 2.75) is 79.1 Å². The Hall–Kier alpha value is -4.20. The topological polar surface area (TPSA) is 118 Å². The Labute approximate surface area is 260 Å². The maximum Gasteiger partial charge on any atom is 0.168 e. The van der Waals surface area contributed by atoms with Gasteiger partial charge in [-0.05, 0) is 85.0 Å². The van der Waals surface area contributed by atoms with E-state index in [2.05, 4.69) is 0 Å². The molecule has 2 aliphatic rings. The molecule has 0 saturated heterocycles. The Morgan fingerprint density at radius 3 is 1.30 bits per heavy atom. The van der Waals surface area contributed by atoms with Gasteiger partial charge in [-0.2, -0.15) is 0 Å². The maximum atomic E-state index is 13.2. The summed E-state index contributed by atoms with van der Waals surface area (Å²) < 4.78 is 10.5.